The topological polar surface area (TPSA) is 21.3 Å². The van der Waals surface area contributed by atoms with Gasteiger partial charge in [0.1, 0.15) is 5.82 Å². The minimum atomic E-state index is -0.284. The van der Waals surface area contributed by atoms with E-state index in [1.165, 1.54) is 12.8 Å². The second-order valence-electron chi connectivity index (χ2n) is 5.47. The second-order valence-corrected chi connectivity index (χ2v) is 5.88. The third-order valence-corrected chi connectivity index (χ3v) is 4.30. The number of ether oxygens (including phenoxy) is 1. The molecule has 2 unspecified atom stereocenters. The standard InChI is InChI=1S/C16H23ClFNO/c1-19-13(6-3-7-14-8-4-10-20-14)11-12-5-2-9-15(17)16(12)18/h2,5,9,13-14,19H,3-4,6-8,10-11H2,1H3. The Labute approximate surface area is 125 Å². The van der Waals surface area contributed by atoms with Crippen LogP contribution in [0.25, 0.3) is 0 Å². The van der Waals surface area contributed by atoms with Gasteiger partial charge in [-0.25, -0.2) is 4.39 Å². The Bertz CT molecular complexity index is 421. The fraction of sp³-hybridized carbons (Fsp3) is 0.625. The molecule has 1 N–H and O–H groups in total. The molecule has 2 rings (SSSR count). The summed E-state index contributed by atoms with van der Waals surface area (Å²) >= 11 is 5.82. The molecule has 1 saturated heterocycles. The number of benzene rings is 1. The summed E-state index contributed by atoms with van der Waals surface area (Å²) in [5.41, 5.74) is 0.689. The molecule has 0 amide bonds. The molecule has 1 heterocycles. The van der Waals surface area contributed by atoms with Gasteiger partial charge in [-0.2, -0.15) is 0 Å². The molecule has 2 nitrogen and oxygen atoms in total. The van der Waals surface area contributed by atoms with Crippen molar-refractivity contribution in [1.29, 1.82) is 0 Å². The van der Waals surface area contributed by atoms with Gasteiger partial charge in [-0.3, -0.25) is 0 Å². The van der Waals surface area contributed by atoms with E-state index in [0.29, 0.717) is 18.1 Å². The van der Waals surface area contributed by atoms with Crippen LogP contribution in [0.2, 0.25) is 5.02 Å². The van der Waals surface area contributed by atoms with Gasteiger partial charge >= 0.3 is 0 Å². The lowest BCUT2D eigenvalue weighted by molar-refractivity contribution is 0.101. The fourth-order valence-corrected chi connectivity index (χ4v) is 2.98. The van der Waals surface area contributed by atoms with Crippen LogP contribution in [0.15, 0.2) is 18.2 Å². The van der Waals surface area contributed by atoms with E-state index in [9.17, 15) is 4.39 Å². The third-order valence-electron chi connectivity index (χ3n) is 4.01. The predicted octanol–water partition coefficient (Wildman–Crippen LogP) is 3.96. The lowest BCUT2D eigenvalue weighted by atomic mass is 9.99. The van der Waals surface area contributed by atoms with Crippen LogP contribution in [-0.2, 0) is 11.2 Å². The molecule has 1 aliphatic rings. The highest BCUT2D eigenvalue weighted by atomic mass is 35.5. The van der Waals surface area contributed by atoms with Gasteiger partial charge in [0.05, 0.1) is 11.1 Å². The first-order valence-electron chi connectivity index (χ1n) is 7.42. The molecule has 0 saturated carbocycles. The molecular formula is C16H23ClFNO. The maximum Gasteiger partial charge on any atom is 0.145 e. The first-order chi connectivity index (χ1) is 9.70. The maximum atomic E-state index is 13.9. The van der Waals surface area contributed by atoms with Crippen LogP contribution < -0.4 is 5.32 Å². The van der Waals surface area contributed by atoms with Crippen LogP contribution in [-0.4, -0.2) is 25.8 Å². The molecule has 20 heavy (non-hydrogen) atoms. The van der Waals surface area contributed by atoms with Gasteiger partial charge in [-0.05, 0) is 57.2 Å². The van der Waals surface area contributed by atoms with Crippen LogP contribution in [0.4, 0.5) is 4.39 Å². The van der Waals surface area contributed by atoms with E-state index in [2.05, 4.69) is 5.32 Å². The number of halogens is 2. The molecule has 112 valence electrons. The first-order valence-corrected chi connectivity index (χ1v) is 7.80. The molecule has 1 aliphatic heterocycles. The van der Waals surface area contributed by atoms with Crippen LogP contribution >= 0.6 is 11.6 Å². The summed E-state index contributed by atoms with van der Waals surface area (Å²) in [6.45, 7) is 0.911. The average molecular weight is 300 g/mol. The molecule has 2 atom stereocenters. The summed E-state index contributed by atoms with van der Waals surface area (Å²) in [7, 11) is 1.93. The van der Waals surface area contributed by atoms with Crippen molar-refractivity contribution < 1.29 is 9.13 Å². The zero-order valence-electron chi connectivity index (χ0n) is 12.0. The number of likely N-dealkylation sites (N-methyl/N-ethyl adjacent to an activating group) is 1. The Morgan fingerprint density at radius 2 is 2.35 bits per heavy atom. The number of hydrogen-bond donors (Lipinski definition) is 1. The second kappa shape index (κ2) is 7.96. The van der Waals surface area contributed by atoms with Crippen molar-refractivity contribution in [1.82, 2.24) is 5.32 Å². The Morgan fingerprint density at radius 1 is 1.50 bits per heavy atom. The molecule has 0 aliphatic carbocycles. The van der Waals surface area contributed by atoms with Crippen molar-refractivity contribution in [3.8, 4) is 0 Å². The van der Waals surface area contributed by atoms with Crippen molar-refractivity contribution in [2.45, 2.75) is 50.7 Å². The summed E-state index contributed by atoms with van der Waals surface area (Å²) in [6.07, 6.45) is 6.74. The number of hydrogen-bond acceptors (Lipinski definition) is 2. The average Bonchev–Trinajstić information content (AvgIpc) is 2.95. The van der Waals surface area contributed by atoms with E-state index in [-0.39, 0.29) is 16.9 Å². The van der Waals surface area contributed by atoms with E-state index < -0.39 is 0 Å². The van der Waals surface area contributed by atoms with E-state index in [0.717, 1.165) is 25.9 Å². The zero-order chi connectivity index (χ0) is 14.4. The largest absolute Gasteiger partial charge is 0.378 e. The normalized spacial score (nSPS) is 20.2. The fourth-order valence-electron chi connectivity index (χ4n) is 2.78. The maximum absolute atomic E-state index is 13.9. The molecule has 4 heteroatoms. The van der Waals surface area contributed by atoms with Crippen molar-refractivity contribution >= 4 is 11.6 Å². The van der Waals surface area contributed by atoms with Gasteiger partial charge < -0.3 is 10.1 Å². The minimum Gasteiger partial charge on any atom is -0.378 e. The highest BCUT2D eigenvalue weighted by Gasteiger charge is 2.17. The summed E-state index contributed by atoms with van der Waals surface area (Å²) in [5, 5.41) is 3.48. The van der Waals surface area contributed by atoms with Crippen LogP contribution in [0.1, 0.15) is 37.7 Å². The quantitative estimate of drug-likeness (QED) is 0.823. The molecule has 0 radical (unpaired) electrons. The molecule has 0 spiro atoms. The summed E-state index contributed by atoms with van der Waals surface area (Å²) in [5.74, 6) is -0.284. The highest BCUT2D eigenvalue weighted by Crippen LogP contribution is 2.21. The van der Waals surface area contributed by atoms with E-state index in [4.69, 9.17) is 16.3 Å². The Balaban J connectivity index is 1.80. The summed E-state index contributed by atoms with van der Waals surface area (Å²) in [6, 6.07) is 5.49. The Morgan fingerprint density at radius 3 is 3.05 bits per heavy atom. The summed E-state index contributed by atoms with van der Waals surface area (Å²) < 4.78 is 19.5. The number of nitrogens with one attached hydrogen (secondary N) is 1. The van der Waals surface area contributed by atoms with E-state index in [1.54, 1.807) is 12.1 Å². The van der Waals surface area contributed by atoms with Gasteiger partial charge in [0.2, 0.25) is 0 Å². The molecule has 0 aromatic heterocycles. The zero-order valence-corrected chi connectivity index (χ0v) is 12.8. The van der Waals surface area contributed by atoms with Crippen LogP contribution in [0.3, 0.4) is 0 Å². The minimum absolute atomic E-state index is 0.205. The van der Waals surface area contributed by atoms with Gasteiger partial charge in [-0.1, -0.05) is 23.7 Å². The lowest BCUT2D eigenvalue weighted by Gasteiger charge is -2.18. The van der Waals surface area contributed by atoms with Gasteiger partial charge in [0.25, 0.3) is 0 Å². The van der Waals surface area contributed by atoms with Gasteiger partial charge in [0.15, 0.2) is 0 Å². The van der Waals surface area contributed by atoms with Crippen molar-refractivity contribution in [3.63, 3.8) is 0 Å². The molecule has 0 bridgehead atoms. The smallest absolute Gasteiger partial charge is 0.145 e. The SMILES string of the molecule is CNC(CCCC1CCCO1)Cc1cccc(Cl)c1F. The predicted molar refractivity (Wildman–Crippen MR) is 80.8 cm³/mol. The van der Waals surface area contributed by atoms with Crippen molar-refractivity contribution in [2.75, 3.05) is 13.7 Å². The molecule has 1 aromatic rings. The van der Waals surface area contributed by atoms with Crippen LogP contribution in [0, 0.1) is 5.82 Å². The van der Waals surface area contributed by atoms with Gasteiger partial charge in [0, 0.05) is 12.6 Å². The van der Waals surface area contributed by atoms with Crippen molar-refractivity contribution in [2.24, 2.45) is 0 Å². The molecule has 1 aromatic carbocycles. The molecular weight excluding hydrogens is 277 g/mol. The first kappa shape index (κ1) is 15.7. The summed E-state index contributed by atoms with van der Waals surface area (Å²) in [4.78, 5) is 0. The van der Waals surface area contributed by atoms with E-state index >= 15 is 0 Å². The number of rotatable bonds is 7. The molecule has 1 fully saturated rings. The highest BCUT2D eigenvalue weighted by molar-refractivity contribution is 6.30. The monoisotopic (exact) mass is 299 g/mol. The lowest BCUT2D eigenvalue weighted by Crippen LogP contribution is -2.28. The van der Waals surface area contributed by atoms with Crippen LogP contribution in [0.5, 0.6) is 0 Å². The Hall–Kier alpha value is -0.640. The Kier molecular flexibility index (Phi) is 6.27. The van der Waals surface area contributed by atoms with E-state index in [1.807, 2.05) is 13.1 Å². The van der Waals surface area contributed by atoms with Gasteiger partial charge in [-0.15, -0.1) is 0 Å². The van der Waals surface area contributed by atoms with Crippen molar-refractivity contribution in [3.05, 3.63) is 34.6 Å². The third kappa shape index (κ3) is 4.44.